The first-order chi connectivity index (χ1) is 13.5. The standard InChI is InChI=1S/C19H11F3N4OS/c20-19(21,22)12-8-15(16-6-3-7-27-16)26-18(11(12)9-23)28-10-17-24-13-4-1-2-5-14(13)25-17/h1-8H,10H2,(H,24,25). The first-order valence-electron chi connectivity index (χ1n) is 8.08. The molecule has 4 rings (SSSR count). The average Bonchev–Trinajstić information content (AvgIpc) is 3.34. The molecule has 0 bridgehead atoms. The minimum absolute atomic E-state index is 0.0171. The summed E-state index contributed by atoms with van der Waals surface area (Å²) >= 11 is 1.01. The number of nitrogens with zero attached hydrogens (tertiary/aromatic N) is 3. The molecule has 0 saturated heterocycles. The second kappa shape index (κ2) is 7.05. The van der Waals surface area contributed by atoms with Crippen LogP contribution in [0.2, 0.25) is 0 Å². The van der Waals surface area contributed by atoms with E-state index in [1.807, 2.05) is 24.3 Å². The number of alkyl halides is 3. The predicted octanol–water partition coefficient (Wildman–Crippen LogP) is 5.40. The third-order valence-electron chi connectivity index (χ3n) is 3.96. The van der Waals surface area contributed by atoms with E-state index < -0.39 is 17.3 Å². The van der Waals surface area contributed by atoms with Gasteiger partial charge in [-0.25, -0.2) is 9.97 Å². The van der Waals surface area contributed by atoms with E-state index in [1.54, 1.807) is 12.1 Å². The quantitative estimate of drug-likeness (QED) is 0.464. The van der Waals surface area contributed by atoms with E-state index in [0.717, 1.165) is 28.9 Å². The highest BCUT2D eigenvalue weighted by Gasteiger charge is 2.36. The summed E-state index contributed by atoms with van der Waals surface area (Å²) in [5.74, 6) is 1.00. The Hall–Kier alpha value is -3.25. The Labute approximate surface area is 161 Å². The van der Waals surface area contributed by atoms with Gasteiger partial charge >= 0.3 is 6.18 Å². The smallest absolute Gasteiger partial charge is 0.417 e. The van der Waals surface area contributed by atoms with Crippen molar-refractivity contribution in [3.63, 3.8) is 0 Å². The molecule has 3 heterocycles. The number of rotatable bonds is 4. The maximum atomic E-state index is 13.5. The molecular weight excluding hydrogens is 389 g/mol. The molecule has 0 atom stereocenters. The van der Waals surface area contributed by atoms with Gasteiger partial charge in [-0.1, -0.05) is 23.9 Å². The molecule has 3 aromatic heterocycles. The van der Waals surface area contributed by atoms with Crippen molar-refractivity contribution in [2.75, 3.05) is 0 Å². The molecule has 0 aliphatic rings. The second-order valence-corrected chi connectivity index (χ2v) is 6.78. The number of nitrogens with one attached hydrogen (secondary N) is 1. The maximum absolute atomic E-state index is 13.5. The molecule has 9 heteroatoms. The van der Waals surface area contributed by atoms with Gasteiger partial charge in [-0.15, -0.1) is 0 Å². The summed E-state index contributed by atoms with van der Waals surface area (Å²) in [5.41, 5.74) is 0.0506. The molecule has 0 aliphatic heterocycles. The number of hydrogen-bond donors (Lipinski definition) is 1. The summed E-state index contributed by atoms with van der Waals surface area (Å²) in [6, 6.07) is 12.9. The van der Waals surface area contributed by atoms with Crippen molar-refractivity contribution in [1.82, 2.24) is 15.0 Å². The predicted molar refractivity (Wildman–Crippen MR) is 97.3 cm³/mol. The van der Waals surface area contributed by atoms with Gasteiger partial charge in [-0.3, -0.25) is 0 Å². The van der Waals surface area contributed by atoms with Crippen LogP contribution in [0.1, 0.15) is 17.0 Å². The van der Waals surface area contributed by atoms with E-state index in [9.17, 15) is 18.4 Å². The fourth-order valence-corrected chi connectivity index (χ4v) is 3.59. The van der Waals surface area contributed by atoms with Gasteiger partial charge in [0.05, 0.1) is 34.2 Å². The molecule has 4 aromatic rings. The van der Waals surface area contributed by atoms with Gasteiger partial charge in [0.25, 0.3) is 0 Å². The lowest BCUT2D eigenvalue weighted by Crippen LogP contribution is -2.10. The molecule has 0 aliphatic carbocycles. The van der Waals surface area contributed by atoms with Crippen molar-refractivity contribution >= 4 is 22.8 Å². The number of nitriles is 1. The summed E-state index contributed by atoms with van der Waals surface area (Å²) in [4.78, 5) is 11.7. The van der Waals surface area contributed by atoms with Crippen LogP contribution in [0, 0.1) is 11.3 Å². The van der Waals surface area contributed by atoms with Crippen LogP contribution in [0.15, 0.2) is 58.2 Å². The number of furan rings is 1. The highest BCUT2D eigenvalue weighted by molar-refractivity contribution is 7.98. The second-order valence-electron chi connectivity index (χ2n) is 5.81. The summed E-state index contributed by atoms with van der Waals surface area (Å²) in [6.07, 6.45) is -3.34. The molecule has 28 heavy (non-hydrogen) atoms. The molecule has 5 nitrogen and oxygen atoms in total. The molecule has 1 aromatic carbocycles. The lowest BCUT2D eigenvalue weighted by molar-refractivity contribution is -0.138. The Morgan fingerprint density at radius 1 is 1.14 bits per heavy atom. The molecular formula is C19H11F3N4OS. The van der Waals surface area contributed by atoms with Gasteiger partial charge in [0.1, 0.15) is 22.6 Å². The van der Waals surface area contributed by atoms with Crippen LogP contribution >= 0.6 is 11.8 Å². The molecule has 0 unspecified atom stereocenters. The van der Waals surface area contributed by atoms with E-state index in [-0.39, 0.29) is 22.2 Å². The van der Waals surface area contributed by atoms with Crippen molar-refractivity contribution in [1.29, 1.82) is 5.26 Å². The molecule has 0 spiro atoms. The normalized spacial score (nSPS) is 11.6. The Balaban J connectivity index is 1.74. The van der Waals surface area contributed by atoms with Crippen molar-refractivity contribution in [3.8, 4) is 17.5 Å². The summed E-state index contributed by atoms with van der Waals surface area (Å²) in [5, 5.41) is 9.32. The van der Waals surface area contributed by atoms with Crippen LogP contribution in [0.3, 0.4) is 0 Å². The van der Waals surface area contributed by atoms with Gasteiger partial charge in [0.15, 0.2) is 5.76 Å². The number of imidazole rings is 1. The number of hydrogen-bond acceptors (Lipinski definition) is 5. The summed E-state index contributed by atoms with van der Waals surface area (Å²) < 4.78 is 45.7. The fraction of sp³-hybridized carbons (Fsp3) is 0.105. The number of thioether (sulfide) groups is 1. The Morgan fingerprint density at radius 3 is 2.64 bits per heavy atom. The van der Waals surface area contributed by atoms with Crippen LogP contribution in [0.5, 0.6) is 0 Å². The van der Waals surface area contributed by atoms with Crippen LogP contribution in [-0.2, 0) is 11.9 Å². The molecule has 1 N–H and O–H groups in total. The van der Waals surface area contributed by atoms with E-state index in [1.165, 1.54) is 12.3 Å². The molecule has 0 amide bonds. The molecule has 0 saturated carbocycles. The third kappa shape index (κ3) is 3.46. The number of benzene rings is 1. The zero-order valence-corrected chi connectivity index (χ0v) is 14.9. The minimum atomic E-state index is -4.69. The van der Waals surface area contributed by atoms with Crippen LogP contribution in [0.4, 0.5) is 13.2 Å². The zero-order valence-electron chi connectivity index (χ0n) is 14.1. The number of halogens is 3. The Kier molecular flexibility index (Phi) is 4.57. The van der Waals surface area contributed by atoms with Gasteiger partial charge in [0, 0.05) is 0 Å². The number of pyridine rings is 1. The number of fused-ring (bicyclic) bond motifs is 1. The fourth-order valence-electron chi connectivity index (χ4n) is 2.72. The third-order valence-corrected chi connectivity index (χ3v) is 4.95. The van der Waals surface area contributed by atoms with Gasteiger partial charge in [-0.05, 0) is 30.3 Å². The SMILES string of the molecule is N#Cc1c(C(F)(F)F)cc(-c2ccco2)nc1SCc1nc2ccccc2[nH]1. The molecule has 0 radical (unpaired) electrons. The van der Waals surface area contributed by atoms with Crippen molar-refractivity contribution in [2.45, 2.75) is 17.0 Å². The number of para-hydroxylation sites is 2. The highest BCUT2D eigenvalue weighted by atomic mass is 32.2. The minimum Gasteiger partial charge on any atom is -0.463 e. The number of aromatic amines is 1. The highest BCUT2D eigenvalue weighted by Crippen LogP contribution is 2.38. The Bertz CT molecular complexity index is 1140. The zero-order chi connectivity index (χ0) is 19.7. The number of H-pyrrole nitrogens is 1. The summed E-state index contributed by atoms with van der Waals surface area (Å²) in [6.45, 7) is 0. The van der Waals surface area contributed by atoms with E-state index in [4.69, 9.17) is 4.42 Å². The average molecular weight is 400 g/mol. The van der Waals surface area contributed by atoms with E-state index >= 15 is 0 Å². The van der Waals surface area contributed by atoms with Gasteiger partial charge in [-0.2, -0.15) is 18.4 Å². The molecule has 0 fully saturated rings. The van der Waals surface area contributed by atoms with E-state index in [2.05, 4.69) is 15.0 Å². The van der Waals surface area contributed by atoms with Gasteiger partial charge < -0.3 is 9.40 Å². The summed E-state index contributed by atoms with van der Waals surface area (Å²) in [7, 11) is 0. The Morgan fingerprint density at radius 2 is 1.96 bits per heavy atom. The van der Waals surface area contributed by atoms with Crippen molar-refractivity contribution < 1.29 is 17.6 Å². The largest absolute Gasteiger partial charge is 0.463 e. The van der Waals surface area contributed by atoms with Crippen LogP contribution < -0.4 is 0 Å². The van der Waals surface area contributed by atoms with Crippen LogP contribution in [-0.4, -0.2) is 15.0 Å². The topological polar surface area (TPSA) is 78.5 Å². The van der Waals surface area contributed by atoms with Crippen molar-refractivity contribution in [3.05, 3.63) is 65.7 Å². The molecule has 140 valence electrons. The van der Waals surface area contributed by atoms with Crippen LogP contribution in [0.25, 0.3) is 22.5 Å². The van der Waals surface area contributed by atoms with Gasteiger partial charge in [0.2, 0.25) is 0 Å². The lowest BCUT2D eigenvalue weighted by atomic mass is 10.1. The monoisotopic (exact) mass is 400 g/mol. The number of aromatic nitrogens is 3. The first-order valence-corrected chi connectivity index (χ1v) is 9.07. The first kappa shape index (κ1) is 18.1. The van der Waals surface area contributed by atoms with Crippen molar-refractivity contribution in [2.24, 2.45) is 0 Å². The lowest BCUT2D eigenvalue weighted by Gasteiger charge is -2.13. The maximum Gasteiger partial charge on any atom is 0.417 e. The van der Waals surface area contributed by atoms with E-state index in [0.29, 0.717) is 5.82 Å².